The van der Waals surface area contributed by atoms with Crippen molar-refractivity contribution in [3.8, 4) is 5.75 Å². The van der Waals surface area contributed by atoms with E-state index < -0.39 is 0 Å². The highest BCUT2D eigenvalue weighted by Gasteiger charge is 2.07. The van der Waals surface area contributed by atoms with Crippen molar-refractivity contribution in [1.29, 1.82) is 0 Å². The largest absolute Gasteiger partial charge is 0.496 e. The van der Waals surface area contributed by atoms with Gasteiger partial charge in [0.15, 0.2) is 0 Å². The van der Waals surface area contributed by atoms with Gasteiger partial charge in [0.2, 0.25) is 0 Å². The second-order valence-corrected chi connectivity index (χ2v) is 3.50. The molecule has 2 N–H and O–H groups in total. The highest BCUT2D eigenvalue weighted by atomic mass is 35.5. The number of halogens is 1. The Hall–Kier alpha value is -0.800. The van der Waals surface area contributed by atoms with Crippen LogP contribution >= 0.6 is 23.8 Å². The minimum Gasteiger partial charge on any atom is -0.496 e. The van der Waals surface area contributed by atoms with E-state index in [9.17, 15) is 0 Å². The van der Waals surface area contributed by atoms with E-state index in [-0.39, 0.29) is 0 Å². The first-order valence-corrected chi connectivity index (χ1v) is 4.53. The molecule has 0 unspecified atom stereocenters. The van der Waals surface area contributed by atoms with Crippen molar-refractivity contribution in [2.24, 2.45) is 5.73 Å². The van der Waals surface area contributed by atoms with Crippen LogP contribution in [0.15, 0.2) is 18.2 Å². The van der Waals surface area contributed by atoms with Crippen LogP contribution in [0.3, 0.4) is 0 Å². The molecule has 0 saturated heterocycles. The summed E-state index contributed by atoms with van der Waals surface area (Å²) in [5.41, 5.74) is 6.28. The first-order chi connectivity index (χ1) is 6.15. The average Bonchev–Trinajstić information content (AvgIpc) is 2.08. The predicted molar refractivity (Wildman–Crippen MR) is 58.5 cm³/mol. The van der Waals surface area contributed by atoms with E-state index in [4.69, 9.17) is 34.3 Å². The standard InChI is InChI=1S/C9H10ClNOS/c1-12-8-4-2-3-7(10)6(8)5-9(11)13/h2-4H,5H2,1H3,(H2,11,13). The van der Waals surface area contributed by atoms with Gasteiger partial charge in [-0.05, 0) is 12.1 Å². The molecule has 13 heavy (non-hydrogen) atoms. The van der Waals surface area contributed by atoms with Crippen LogP contribution in [0.1, 0.15) is 5.56 Å². The van der Waals surface area contributed by atoms with Crippen LogP contribution < -0.4 is 10.5 Å². The van der Waals surface area contributed by atoms with E-state index >= 15 is 0 Å². The highest BCUT2D eigenvalue weighted by Crippen LogP contribution is 2.26. The molecule has 0 saturated carbocycles. The minimum atomic E-state index is 0.409. The molecule has 0 aromatic heterocycles. The van der Waals surface area contributed by atoms with Crippen LogP contribution in [0.25, 0.3) is 0 Å². The molecule has 0 amide bonds. The summed E-state index contributed by atoms with van der Waals surface area (Å²) in [6, 6.07) is 5.45. The van der Waals surface area contributed by atoms with E-state index in [0.29, 0.717) is 16.4 Å². The zero-order chi connectivity index (χ0) is 9.84. The van der Waals surface area contributed by atoms with E-state index in [1.807, 2.05) is 12.1 Å². The summed E-state index contributed by atoms with van der Waals surface area (Å²) < 4.78 is 5.13. The van der Waals surface area contributed by atoms with Crippen molar-refractivity contribution in [2.45, 2.75) is 6.42 Å². The van der Waals surface area contributed by atoms with Gasteiger partial charge in [0.1, 0.15) is 5.75 Å². The number of methoxy groups -OCH3 is 1. The van der Waals surface area contributed by atoms with Crippen molar-refractivity contribution >= 4 is 28.8 Å². The lowest BCUT2D eigenvalue weighted by Gasteiger charge is -2.08. The van der Waals surface area contributed by atoms with Gasteiger partial charge in [0.25, 0.3) is 0 Å². The molecular weight excluding hydrogens is 206 g/mol. The maximum Gasteiger partial charge on any atom is 0.123 e. The third kappa shape index (κ3) is 2.57. The van der Waals surface area contributed by atoms with Gasteiger partial charge in [-0.25, -0.2) is 0 Å². The van der Waals surface area contributed by atoms with Crippen molar-refractivity contribution in [3.05, 3.63) is 28.8 Å². The molecule has 0 atom stereocenters. The van der Waals surface area contributed by atoms with Gasteiger partial charge >= 0.3 is 0 Å². The van der Waals surface area contributed by atoms with Gasteiger partial charge in [-0.2, -0.15) is 0 Å². The van der Waals surface area contributed by atoms with Crippen LogP contribution in [0.2, 0.25) is 5.02 Å². The zero-order valence-electron chi connectivity index (χ0n) is 7.21. The second kappa shape index (κ2) is 4.44. The highest BCUT2D eigenvalue weighted by molar-refractivity contribution is 7.80. The van der Waals surface area contributed by atoms with Crippen LogP contribution in [0, 0.1) is 0 Å². The monoisotopic (exact) mass is 215 g/mol. The summed E-state index contributed by atoms with van der Waals surface area (Å²) in [5.74, 6) is 0.722. The SMILES string of the molecule is COc1cccc(Cl)c1CC(N)=S. The van der Waals surface area contributed by atoms with Gasteiger partial charge in [-0.15, -0.1) is 0 Å². The van der Waals surface area contributed by atoms with Crippen LogP contribution in [0.5, 0.6) is 5.75 Å². The molecule has 2 nitrogen and oxygen atoms in total. The van der Waals surface area contributed by atoms with Crippen LogP contribution in [0.4, 0.5) is 0 Å². The van der Waals surface area contributed by atoms with Gasteiger partial charge in [-0.3, -0.25) is 0 Å². The Morgan fingerprint density at radius 1 is 1.62 bits per heavy atom. The number of benzene rings is 1. The van der Waals surface area contributed by atoms with Crippen molar-refractivity contribution in [2.75, 3.05) is 7.11 Å². The second-order valence-electron chi connectivity index (χ2n) is 2.56. The number of hydrogen-bond acceptors (Lipinski definition) is 2. The molecule has 1 rings (SSSR count). The van der Waals surface area contributed by atoms with E-state index in [1.54, 1.807) is 13.2 Å². The molecule has 1 aromatic rings. The van der Waals surface area contributed by atoms with Crippen molar-refractivity contribution < 1.29 is 4.74 Å². The zero-order valence-corrected chi connectivity index (χ0v) is 8.78. The first kappa shape index (κ1) is 10.3. The predicted octanol–water partition coefficient (Wildman–Crippen LogP) is 2.18. The number of hydrogen-bond donors (Lipinski definition) is 1. The summed E-state index contributed by atoms with van der Waals surface area (Å²) >= 11 is 10.8. The van der Waals surface area contributed by atoms with Crippen molar-refractivity contribution in [1.82, 2.24) is 0 Å². The smallest absolute Gasteiger partial charge is 0.123 e. The average molecular weight is 216 g/mol. The van der Waals surface area contributed by atoms with Crippen molar-refractivity contribution in [3.63, 3.8) is 0 Å². The molecule has 1 aromatic carbocycles. The lowest BCUT2D eigenvalue weighted by atomic mass is 10.1. The van der Waals surface area contributed by atoms with Gasteiger partial charge < -0.3 is 10.5 Å². The summed E-state index contributed by atoms with van der Waals surface area (Å²) in [7, 11) is 1.59. The molecular formula is C9H10ClNOS. The fourth-order valence-corrected chi connectivity index (χ4v) is 1.45. The fraction of sp³-hybridized carbons (Fsp3) is 0.222. The van der Waals surface area contributed by atoms with Gasteiger partial charge in [0.05, 0.1) is 12.1 Å². The Labute approximate surface area is 87.6 Å². The minimum absolute atomic E-state index is 0.409. The molecule has 0 bridgehead atoms. The van der Waals surface area contributed by atoms with E-state index in [0.717, 1.165) is 11.3 Å². The Kier molecular flexibility index (Phi) is 3.51. The maximum atomic E-state index is 5.96. The molecule has 0 aliphatic heterocycles. The maximum absolute atomic E-state index is 5.96. The Morgan fingerprint density at radius 3 is 2.85 bits per heavy atom. The molecule has 0 radical (unpaired) electrons. The lowest BCUT2D eigenvalue weighted by Crippen LogP contribution is -2.12. The Bertz CT molecular complexity index is 327. The fourth-order valence-electron chi connectivity index (χ4n) is 1.08. The molecule has 0 spiro atoms. The Morgan fingerprint density at radius 2 is 2.31 bits per heavy atom. The van der Waals surface area contributed by atoms with E-state index in [1.165, 1.54) is 0 Å². The number of rotatable bonds is 3. The molecule has 70 valence electrons. The summed E-state index contributed by atoms with van der Waals surface area (Å²) in [6.45, 7) is 0. The first-order valence-electron chi connectivity index (χ1n) is 3.75. The quantitative estimate of drug-likeness (QED) is 0.786. The number of nitrogens with two attached hydrogens (primary N) is 1. The third-order valence-corrected chi connectivity index (χ3v) is 2.15. The lowest BCUT2D eigenvalue weighted by molar-refractivity contribution is 0.411. The third-order valence-electron chi connectivity index (χ3n) is 1.65. The summed E-state index contributed by atoms with van der Waals surface area (Å²) in [5, 5.41) is 0.632. The number of thiocarbonyl (C=S) groups is 1. The van der Waals surface area contributed by atoms with Crippen LogP contribution in [-0.2, 0) is 6.42 Å². The molecule has 0 aliphatic carbocycles. The Balaban J connectivity index is 3.07. The van der Waals surface area contributed by atoms with Gasteiger partial charge in [-0.1, -0.05) is 29.9 Å². The molecule has 4 heteroatoms. The molecule has 0 heterocycles. The summed E-state index contributed by atoms with van der Waals surface area (Å²) in [4.78, 5) is 0.409. The number of ether oxygens (including phenoxy) is 1. The van der Waals surface area contributed by atoms with Gasteiger partial charge in [0, 0.05) is 17.0 Å². The van der Waals surface area contributed by atoms with Crippen LogP contribution in [-0.4, -0.2) is 12.1 Å². The topological polar surface area (TPSA) is 35.2 Å². The summed E-state index contributed by atoms with van der Waals surface area (Å²) in [6.07, 6.45) is 0.470. The normalized spacial score (nSPS) is 9.69. The molecule has 0 aliphatic rings. The molecule has 0 fully saturated rings. The van der Waals surface area contributed by atoms with E-state index in [2.05, 4.69) is 0 Å².